The second-order valence-corrected chi connectivity index (χ2v) is 19.7. The van der Waals surface area contributed by atoms with Crippen LogP contribution in [-0.2, 0) is 14.3 Å². The fourth-order valence-corrected chi connectivity index (χ4v) is 9.28. The number of hydrogen-bond acceptors (Lipinski definition) is 8. The number of rotatable bonds is 48. The highest BCUT2D eigenvalue weighted by Gasteiger charge is 2.44. The van der Waals surface area contributed by atoms with Gasteiger partial charge in [0.25, 0.3) is 0 Å². The minimum Gasteiger partial charge on any atom is -0.394 e. The summed E-state index contributed by atoms with van der Waals surface area (Å²) in [4.78, 5) is 13.0. The molecule has 0 aromatic heterocycles. The maximum atomic E-state index is 13.0. The molecule has 1 aliphatic rings. The van der Waals surface area contributed by atoms with Crippen LogP contribution in [0.5, 0.6) is 0 Å². The lowest BCUT2D eigenvalue weighted by atomic mass is 9.99. The predicted molar refractivity (Wildman–Crippen MR) is 263 cm³/mol. The third kappa shape index (κ3) is 35.1. The summed E-state index contributed by atoms with van der Waals surface area (Å²) >= 11 is 0. The lowest BCUT2D eigenvalue weighted by Gasteiger charge is -2.40. The summed E-state index contributed by atoms with van der Waals surface area (Å²) in [6.07, 6.45) is 46.0. The van der Waals surface area contributed by atoms with E-state index in [1.54, 1.807) is 0 Å². The van der Waals surface area contributed by atoms with E-state index in [0.717, 1.165) is 38.5 Å². The number of amides is 1. The quantitative estimate of drug-likeness (QED) is 0.0331. The summed E-state index contributed by atoms with van der Waals surface area (Å²) in [5.74, 6) is -0.140. The van der Waals surface area contributed by atoms with Crippen molar-refractivity contribution in [1.29, 1.82) is 0 Å². The first-order valence-corrected chi connectivity index (χ1v) is 27.7. The first-order valence-electron chi connectivity index (χ1n) is 27.7. The highest BCUT2D eigenvalue weighted by Crippen LogP contribution is 2.23. The van der Waals surface area contributed by atoms with Crippen LogP contribution in [0.4, 0.5) is 0 Å². The van der Waals surface area contributed by atoms with Crippen molar-refractivity contribution in [3.05, 3.63) is 0 Å². The molecule has 9 nitrogen and oxygen atoms in total. The molecule has 1 saturated heterocycles. The highest BCUT2D eigenvalue weighted by atomic mass is 16.7. The fourth-order valence-electron chi connectivity index (χ4n) is 9.28. The zero-order valence-corrected chi connectivity index (χ0v) is 41.6. The molecule has 0 saturated carbocycles. The maximum absolute atomic E-state index is 13.0. The Hall–Kier alpha value is -0.810. The van der Waals surface area contributed by atoms with Crippen LogP contribution >= 0.6 is 0 Å². The molecule has 1 aliphatic heterocycles. The number of carbonyl (C=O) groups is 1. The minimum absolute atomic E-state index is 0.132. The van der Waals surface area contributed by atoms with Crippen molar-refractivity contribution in [3.63, 3.8) is 0 Å². The second kappa shape index (κ2) is 45.0. The van der Waals surface area contributed by atoms with E-state index in [9.17, 15) is 30.3 Å². The summed E-state index contributed by atoms with van der Waals surface area (Å²) in [5, 5.41) is 54.3. The van der Waals surface area contributed by atoms with Gasteiger partial charge in [0.05, 0.1) is 25.4 Å². The van der Waals surface area contributed by atoms with E-state index in [2.05, 4.69) is 19.2 Å². The normalized spacial score (nSPS) is 20.0. The van der Waals surface area contributed by atoms with Crippen molar-refractivity contribution in [2.24, 2.45) is 0 Å². The van der Waals surface area contributed by atoms with Crippen LogP contribution in [0.25, 0.3) is 0 Å². The van der Waals surface area contributed by atoms with Crippen molar-refractivity contribution < 1.29 is 39.8 Å². The van der Waals surface area contributed by atoms with Gasteiger partial charge in [-0.2, -0.15) is 0 Å². The Kier molecular flexibility index (Phi) is 43.0. The van der Waals surface area contributed by atoms with Gasteiger partial charge >= 0.3 is 0 Å². The maximum Gasteiger partial charge on any atom is 0.220 e. The topological polar surface area (TPSA) is 149 Å². The Labute approximate surface area is 389 Å². The van der Waals surface area contributed by atoms with Gasteiger partial charge < -0.3 is 40.3 Å². The first kappa shape index (κ1) is 60.2. The molecule has 7 unspecified atom stereocenters. The Balaban J connectivity index is 2.05. The SMILES string of the molecule is CCCCCCCCCCCCCCCCCCCCCCCCCCCCCCCCCC(=O)NC(COC1OC(CO)C(O)C(O)C1O)C(O)CCCCCCCCCCC. The Morgan fingerprint density at radius 2 is 0.794 bits per heavy atom. The Morgan fingerprint density at radius 1 is 0.476 bits per heavy atom. The number of hydrogen-bond donors (Lipinski definition) is 6. The van der Waals surface area contributed by atoms with Crippen LogP contribution in [0.3, 0.4) is 0 Å². The summed E-state index contributed by atoms with van der Waals surface area (Å²) in [6, 6.07) is -0.711. The predicted octanol–water partition coefficient (Wildman–Crippen LogP) is 13.1. The van der Waals surface area contributed by atoms with Crippen molar-refractivity contribution >= 4 is 5.91 Å². The van der Waals surface area contributed by atoms with Gasteiger partial charge in [0.15, 0.2) is 6.29 Å². The van der Waals surface area contributed by atoms with Crippen molar-refractivity contribution in [2.45, 2.75) is 326 Å². The average Bonchev–Trinajstić information content (AvgIpc) is 3.28. The van der Waals surface area contributed by atoms with Gasteiger partial charge in [0.2, 0.25) is 5.91 Å². The zero-order valence-electron chi connectivity index (χ0n) is 41.6. The van der Waals surface area contributed by atoms with Crippen LogP contribution in [-0.4, -0.2) is 87.5 Å². The van der Waals surface area contributed by atoms with Crippen LogP contribution in [0, 0.1) is 0 Å². The third-order valence-electron chi connectivity index (χ3n) is 13.7. The van der Waals surface area contributed by atoms with Gasteiger partial charge in [-0.15, -0.1) is 0 Å². The van der Waals surface area contributed by atoms with E-state index in [1.165, 1.54) is 218 Å². The van der Waals surface area contributed by atoms with Gasteiger partial charge in [-0.3, -0.25) is 4.79 Å². The van der Waals surface area contributed by atoms with Gasteiger partial charge in [-0.25, -0.2) is 0 Å². The first-order chi connectivity index (χ1) is 30.8. The van der Waals surface area contributed by atoms with E-state index in [4.69, 9.17) is 9.47 Å². The highest BCUT2D eigenvalue weighted by molar-refractivity contribution is 5.76. The summed E-state index contributed by atoms with van der Waals surface area (Å²) < 4.78 is 11.3. The van der Waals surface area contributed by atoms with E-state index in [0.29, 0.717) is 12.8 Å². The van der Waals surface area contributed by atoms with Crippen molar-refractivity contribution in [1.82, 2.24) is 5.32 Å². The molecule has 63 heavy (non-hydrogen) atoms. The van der Waals surface area contributed by atoms with E-state index in [1.807, 2.05) is 0 Å². The Bertz CT molecular complexity index is 955. The summed E-state index contributed by atoms with van der Waals surface area (Å²) in [6.45, 7) is 3.84. The van der Waals surface area contributed by atoms with Gasteiger partial charge in [0.1, 0.15) is 24.4 Å². The van der Waals surface area contributed by atoms with Crippen molar-refractivity contribution in [3.8, 4) is 0 Å². The van der Waals surface area contributed by atoms with E-state index >= 15 is 0 Å². The number of carbonyl (C=O) groups excluding carboxylic acids is 1. The number of nitrogens with one attached hydrogen (secondary N) is 1. The molecule has 0 aromatic rings. The molecule has 1 rings (SSSR count). The monoisotopic (exact) mass is 898 g/mol. The molecule has 0 aliphatic carbocycles. The number of aliphatic hydroxyl groups is 5. The lowest BCUT2D eigenvalue weighted by molar-refractivity contribution is -0.302. The molecule has 0 spiro atoms. The van der Waals surface area contributed by atoms with Crippen LogP contribution in [0.15, 0.2) is 0 Å². The molecule has 1 amide bonds. The Morgan fingerprint density at radius 3 is 1.13 bits per heavy atom. The van der Waals surface area contributed by atoms with Gasteiger partial charge in [-0.05, 0) is 12.8 Å². The van der Waals surface area contributed by atoms with E-state index < -0.39 is 49.5 Å². The largest absolute Gasteiger partial charge is 0.394 e. The van der Waals surface area contributed by atoms with Crippen molar-refractivity contribution in [2.75, 3.05) is 13.2 Å². The molecular weight excluding hydrogens is 791 g/mol. The molecule has 1 heterocycles. The summed E-state index contributed by atoms with van der Waals surface area (Å²) in [5.41, 5.74) is 0. The molecule has 376 valence electrons. The lowest BCUT2D eigenvalue weighted by Crippen LogP contribution is -2.60. The molecule has 0 radical (unpaired) electrons. The minimum atomic E-state index is -1.55. The summed E-state index contributed by atoms with van der Waals surface area (Å²) in [7, 11) is 0. The molecule has 0 aromatic carbocycles. The van der Waals surface area contributed by atoms with Crippen LogP contribution in [0.1, 0.15) is 284 Å². The number of ether oxygens (including phenoxy) is 2. The van der Waals surface area contributed by atoms with Gasteiger partial charge in [-0.1, -0.05) is 264 Å². The average molecular weight is 898 g/mol. The molecule has 6 N–H and O–H groups in total. The standard InChI is InChI=1S/C54H107NO8/c1-3-5-7-9-11-13-14-15-16-17-18-19-20-21-22-23-24-25-26-27-28-29-30-31-32-33-34-36-38-40-42-44-50(58)55-47(48(57)43-41-39-37-35-12-10-8-6-4-2)46-62-54-53(61)52(60)51(59)49(45-56)63-54/h47-49,51-54,56-57,59-61H,3-46H2,1-2H3,(H,55,58). The number of aliphatic hydroxyl groups excluding tert-OH is 5. The number of unbranched alkanes of at least 4 members (excludes halogenated alkanes) is 38. The third-order valence-corrected chi connectivity index (χ3v) is 13.7. The zero-order chi connectivity index (χ0) is 45.9. The van der Waals surface area contributed by atoms with E-state index in [-0.39, 0.29) is 12.5 Å². The fraction of sp³-hybridized carbons (Fsp3) is 0.981. The molecular formula is C54H107NO8. The molecule has 9 heteroatoms. The van der Waals surface area contributed by atoms with Gasteiger partial charge in [0, 0.05) is 6.42 Å². The smallest absolute Gasteiger partial charge is 0.220 e. The molecule has 7 atom stereocenters. The van der Waals surface area contributed by atoms with Crippen LogP contribution < -0.4 is 5.32 Å². The second-order valence-electron chi connectivity index (χ2n) is 19.7. The molecule has 1 fully saturated rings. The molecule has 0 bridgehead atoms. The van der Waals surface area contributed by atoms with Crippen LogP contribution in [0.2, 0.25) is 0 Å².